The monoisotopic (exact) mass is 323 g/mol. The third-order valence-corrected chi connectivity index (χ3v) is 2.93. The topological polar surface area (TPSA) is 142 Å². The predicted octanol–water partition coefficient (Wildman–Crippen LogP) is -1.06. The van der Waals surface area contributed by atoms with Crippen LogP contribution in [0.2, 0.25) is 0 Å². The van der Waals surface area contributed by atoms with Gasteiger partial charge in [-0.25, -0.2) is 4.79 Å². The minimum atomic E-state index is -1.22. The molecule has 0 radical (unpaired) electrons. The molecule has 0 bridgehead atoms. The van der Waals surface area contributed by atoms with E-state index in [0.29, 0.717) is 0 Å². The fourth-order valence-corrected chi connectivity index (χ4v) is 1.84. The van der Waals surface area contributed by atoms with Crippen LogP contribution in [0.5, 0.6) is 0 Å². The van der Waals surface area contributed by atoms with Gasteiger partial charge in [0.15, 0.2) is 5.11 Å². The molecule has 20 heavy (non-hydrogen) atoms. The maximum Gasteiger partial charge on any atom is 0.326 e. The molecule has 0 aliphatic heterocycles. The molecule has 0 aliphatic rings. The van der Waals surface area contributed by atoms with E-state index in [4.69, 9.17) is 28.2 Å². The van der Waals surface area contributed by atoms with Gasteiger partial charge in [0.1, 0.15) is 6.04 Å². The molecule has 10 heteroatoms. The lowest BCUT2D eigenvalue weighted by Crippen LogP contribution is -2.50. The molecule has 114 valence electrons. The van der Waals surface area contributed by atoms with Crippen molar-refractivity contribution in [1.29, 1.82) is 0 Å². The normalized spacial score (nSPS) is 13.1. The minimum absolute atomic E-state index is 0.00180. The number of thiol groups is 1. The summed E-state index contributed by atoms with van der Waals surface area (Å²) in [5.74, 6) is -2.58. The molecule has 2 unspecified atom stereocenters. The van der Waals surface area contributed by atoms with Gasteiger partial charge in [0.25, 0.3) is 0 Å². The molecule has 1 amide bonds. The van der Waals surface area contributed by atoms with Crippen LogP contribution in [0.15, 0.2) is 0 Å². The largest absolute Gasteiger partial charge is 0.481 e. The lowest BCUT2D eigenvalue weighted by atomic mass is 10.1. The van der Waals surface area contributed by atoms with Gasteiger partial charge in [-0.05, 0) is 18.6 Å². The van der Waals surface area contributed by atoms with E-state index in [1.54, 1.807) is 0 Å². The average Bonchev–Trinajstić information content (AvgIpc) is 2.32. The fourth-order valence-electron chi connectivity index (χ4n) is 1.31. The minimum Gasteiger partial charge on any atom is -0.481 e. The fraction of sp³-hybridized carbons (Fsp3) is 0.600. The molecular weight excluding hydrogens is 306 g/mol. The first-order valence-electron chi connectivity index (χ1n) is 5.67. The number of carbonyl (C=O) groups excluding carboxylic acids is 1. The lowest BCUT2D eigenvalue weighted by molar-refractivity contribution is -0.140. The Morgan fingerprint density at radius 2 is 1.85 bits per heavy atom. The van der Waals surface area contributed by atoms with Gasteiger partial charge in [-0.3, -0.25) is 9.59 Å². The summed E-state index contributed by atoms with van der Waals surface area (Å²) in [6, 6.07) is -1.55. The Bertz CT molecular complexity index is 391. The maximum atomic E-state index is 10.9. The van der Waals surface area contributed by atoms with Crippen molar-refractivity contribution in [2.45, 2.75) is 31.3 Å². The van der Waals surface area contributed by atoms with Crippen molar-refractivity contribution < 1.29 is 24.6 Å². The van der Waals surface area contributed by atoms with E-state index < -0.39 is 29.9 Å². The maximum absolute atomic E-state index is 10.9. The Labute approximate surface area is 126 Å². The summed E-state index contributed by atoms with van der Waals surface area (Å²) in [6.45, 7) is 0. The van der Waals surface area contributed by atoms with E-state index in [1.165, 1.54) is 0 Å². The molecule has 0 aromatic rings. The Hall–Kier alpha value is -1.55. The van der Waals surface area contributed by atoms with Gasteiger partial charge in [0, 0.05) is 24.6 Å². The highest BCUT2D eigenvalue weighted by molar-refractivity contribution is 7.80. The summed E-state index contributed by atoms with van der Waals surface area (Å²) < 4.78 is 0. The Balaban J connectivity index is 4.40. The zero-order chi connectivity index (χ0) is 15.7. The van der Waals surface area contributed by atoms with Crippen molar-refractivity contribution in [3.63, 3.8) is 0 Å². The molecule has 0 spiro atoms. The predicted molar refractivity (Wildman–Crippen MR) is 78.6 cm³/mol. The molecule has 0 heterocycles. The Morgan fingerprint density at radius 1 is 1.25 bits per heavy atom. The van der Waals surface area contributed by atoms with Gasteiger partial charge in [0.2, 0.25) is 5.91 Å². The summed E-state index contributed by atoms with van der Waals surface area (Å²) in [4.78, 5) is 32.2. The highest BCUT2D eigenvalue weighted by atomic mass is 32.1. The summed E-state index contributed by atoms with van der Waals surface area (Å²) in [5.41, 5.74) is 5.04. The molecule has 0 aromatic heterocycles. The number of rotatable bonds is 9. The van der Waals surface area contributed by atoms with Crippen LogP contribution in [-0.4, -0.2) is 51.0 Å². The van der Waals surface area contributed by atoms with Gasteiger partial charge in [-0.15, -0.1) is 0 Å². The van der Waals surface area contributed by atoms with E-state index in [0.717, 1.165) is 0 Å². The molecule has 2 atom stereocenters. The van der Waals surface area contributed by atoms with Crippen molar-refractivity contribution in [1.82, 2.24) is 10.6 Å². The van der Waals surface area contributed by atoms with E-state index in [9.17, 15) is 14.4 Å². The van der Waals surface area contributed by atoms with Crippen molar-refractivity contribution in [2.75, 3.05) is 5.75 Å². The van der Waals surface area contributed by atoms with Crippen LogP contribution in [-0.2, 0) is 14.4 Å². The van der Waals surface area contributed by atoms with Gasteiger partial charge < -0.3 is 26.6 Å². The highest BCUT2D eigenvalue weighted by Gasteiger charge is 2.20. The summed E-state index contributed by atoms with van der Waals surface area (Å²) in [7, 11) is 0. The van der Waals surface area contributed by atoms with E-state index >= 15 is 0 Å². The number of amides is 1. The third-order valence-electron chi connectivity index (χ3n) is 2.25. The van der Waals surface area contributed by atoms with Gasteiger partial charge in [0.05, 0.1) is 0 Å². The van der Waals surface area contributed by atoms with Gasteiger partial charge in [-0.2, -0.15) is 12.6 Å². The average molecular weight is 323 g/mol. The SMILES string of the molecule is NC(=O)CC(CS)NC(=S)NC(CCC(=O)O)C(=O)O. The number of hydrogen-bond donors (Lipinski definition) is 6. The van der Waals surface area contributed by atoms with Crippen molar-refractivity contribution in [3.8, 4) is 0 Å². The Kier molecular flexibility index (Phi) is 8.64. The van der Waals surface area contributed by atoms with Gasteiger partial charge >= 0.3 is 11.9 Å². The quantitative estimate of drug-likeness (QED) is 0.233. The molecular formula is C10H17N3O5S2. The second kappa shape index (κ2) is 9.37. The number of primary amides is 1. The number of carbonyl (C=O) groups is 3. The first-order valence-corrected chi connectivity index (χ1v) is 6.71. The van der Waals surface area contributed by atoms with Crippen molar-refractivity contribution in [2.24, 2.45) is 5.73 Å². The van der Waals surface area contributed by atoms with Crippen LogP contribution in [0.3, 0.4) is 0 Å². The van der Waals surface area contributed by atoms with Crippen LogP contribution in [0.1, 0.15) is 19.3 Å². The third kappa shape index (κ3) is 8.53. The molecule has 0 fully saturated rings. The first kappa shape index (κ1) is 18.4. The number of nitrogens with two attached hydrogens (primary N) is 1. The van der Waals surface area contributed by atoms with E-state index in [1.807, 2.05) is 0 Å². The van der Waals surface area contributed by atoms with Crippen LogP contribution < -0.4 is 16.4 Å². The lowest BCUT2D eigenvalue weighted by Gasteiger charge is -2.21. The molecule has 0 saturated heterocycles. The van der Waals surface area contributed by atoms with E-state index in [2.05, 4.69) is 23.3 Å². The molecule has 0 rings (SSSR count). The number of thiocarbonyl (C=S) groups is 1. The molecule has 6 N–H and O–H groups in total. The second-order valence-corrected chi connectivity index (χ2v) is 4.76. The first-order chi connectivity index (χ1) is 9.26. The zero-order valence-corrected chi connectivity index (χ0v) is 12.2. The smallest absolute Gasteiger partial charge is 0.326 e. The second-order valence-electron chi connectivity index (χ2n) is 3.99. The summed E-state index contributed by atoms with van der Waals surface area (Å²) >= 11 is 8.92. The molecule has 8 nitrogen and oxygen atoms in total. The standard InChI is InChI=1S/C10H17N3O5S2/c11-7(14)3-5(4-19)12-10(20)13-6(9(17)18)1-2-8(15)16/h5-6,19H,1-4H2,(H2,11,14)(H,15,16)(H,17,18)(H2,12,13,20). The molecule has 0 aromatic carbocycles. The van der Waals surface area contributed by atoms with Gasteiger partial charge in [-0.1, -0.05) is 0 Å². The number of nitrogens with one attached hydrogen (secondary N) is 2. The zero-order valence-electron chi connectivity index (χ0n) is 10.5. The number of hydrogen-bond acceptors (Lipinski definition) is 5. The van der Waals surface area contributed by atoms with Crippen LogP contribution >= 0.6 is 24.8 Å². The summed E-state index contributed by atoms with van der Waals surface area (Å²) in [6.07, 6.45) is -0.421. The highest BCUT2D eigenvalue weighted by Crippen LogP contribution is 1.99. The van der Waals surface area contributed by atoms with Crippen LogP contribution in [0.4, 0.5) is 0 Å². The number of carboxylic acid groups (broad SMARTS) is 2. The van der Waals surface area contributed by atoms with Crippen LogP contribution in [0, 0.1) is 0 Å². The van der Waals surface area contributed by atoms with Crippen molar-refractivity contribution in [3.05, 3.63) is 0 Å². The Morgan fingerprint density at radius 3 is 2.25 bits per heavy atom. The summed E-state index contributed by atoms with van der Waals surface area (Å²) in [5, 5.41) is 22.7. The number of aliphatic carboxylic acids is 2. The number of carboxylic acids is 2. The molecule has 0 aliphatic carbocycles. The van der Waals surface area contributed by atoms with Crippen LogP contribution in [0.25, 0.3) is 0 Å². The molecule has 0 saturated carbocycles. The van der Waals surface area contributed by atoms with Crippen molar-refractivity contribution >= 4 is 47.8 Å². The van der Waals surface area contributed by atoms with E-state index in [-0.39, 0.29) is 30.1 Å².